The van der Waals surface area contributed by atoms with Crippen molar-refractivity contribution in [2.75, 3.05) is 13.1 Å². The Hall–Kier alpha value is -2.62. The number of carbonyl (C=O) groups is 1. The Bertz CT molecular complexity index is 832. The molecule has 3 heterocycles. The van der Waals surface area contributed by atoms with E-state index >= 15 is 0 Å². The van der Waals surface area contributed by atoms with Crippen molar-refractivity contribution in [2.24, 2.45) is 0 Å². The Morgan fingerprint density at radius 3 is 2.57 bits per heavy atom. The van der Waals surface area contributed by atoms with Crippen molar-refractivity contribution < 1.29 is 4.79 Å². The Kier molecular flexibility index (Phi) is 3.58. The van der Waals surface area contributed by atoms with Gasteiger partial charge in [0, 0.05) is 36.6 Å². The number of fused-ring (bicyclic) bond motifs is 1. The van der Waals surface area contributed by atoms with E-state index < -0.39 is 0 Å². The van der Waals surface area contributed by atoms with Crippen molar-refractivity contribution in [1.29, 1.82) is 0 Å². The topological polar surface area (TPSA) is 38.1 Å². The number of pyridine rings is 1. The van der Waals surface area contributed by atoms with E-state index in [1.807, 2.05) is 58.1 Å². The van der Waals surface area contributed by atoms with Gasteiger partial charge >= 0.3 is 0 Å². The Morgan fingerprint density at radius 2 is 1.78 bits per heavy atom. The van der Waals surface area contributed by atoms with Gasteiger partial charge < -0.3 is 9.47 Å². The summed E-state index contributed by atoms with van der Waals surface area (Å²) in [6.07, 6.45) is 7.14. The van der Waals surface area contributed by atoms with Gasteiger partial charge in [0.15, 0.2) is 0 Å². The summed E-state index contributed by atoms with van der Waals surface area (Å²) in [6, 6.07) is 14.1. The van der Waals surface area contributed by atoms with Crippen LogP contribution in [0, 0.1) is 0 Å². The van der Waals surface area contributed by atoms with E-state index in [2.05, 4.69) is 4.98 Å². The highest BCUT2D eigenvalue weighted by molar-refractivity contribution is 5.97. The summed E-state index contributed by atoms with van der Waals surface area (Å²) >= 11 is 0. The second-order valence-corrected chi connectivity index (χ2v) is 6.01. The predicted octanol–water partition coefficient (Wildman–Crippen LogP) is 3.65. The van der Waals surface area contributed by atoms with Crippen LogP contribution in [0.5, 0.6) is 0 Å². The SMILES string of the molecule is O=C(c1cnc2c(ccn2-c2ccccc2)c1)N1CCCCC1. The minimum absolute atomic E-state index is 0.103. The molecule has 0 aliphatic carbocycles. The van der Waals surface area contributed by atoms with Gasteiger partial charge in [-0.25, -0.2) is 4.98 Å². The van der Waals surface area contributed by atoms with Crippen molar-refractivity contribution >= 4 is 16.9 Å². The molecule has 1 aromatic carbocycles. The summed E-state index contributed by atoms with van der Waals surface area (Å²) in [5.41, 5.74) is 2.64. The third-order valence-electron chi connectivity index (χ3n) is 4.45. The number of carbonyl (C=O) groups excluding carboxylic acids is 1. The number of hydrogen-bond acceptors (Lipinski definition) is 2. The van der Waals surface area contributed by atoms with Gasteiger partial charge in [-0.15, -0.1) is 0 Å². The zero-order chi connectivity index (χ0) is 15.6. The summed E-state index contributed by atoms with van der Waals surface area (Å²) < 4.78 is 2.05. The lowest BCUT2D eigenvalue weighted by molar-refractivity contribution is 0.0724. The van der Waals surface area contributed by atoms with Crippen LogP contribution in [-0.4, -0.2) is 33.4 Å². The van der Waals surface area contributed by atoms with Crippen LogP contribution in [0.4, 0.5) is 0 Å². The average Bonchev–Trinajstić information content (AvgIpc) is 3.06. The summed E-state index contributed by atoms with van der Waals surface area (Å²) in [5.74, 6) is 0.103. The second-order valence-electron chi connectivity index (χ2n) is 6.01. The fraction of sp³-hybridized carbons (Fsp3) is 0.263. The zero-order valence-corrected chi connectivity index (χ0v) is 13.0. The molecule has 2 aromatic heterocycles. The third kappa shape index (κ3) is 2.61. The number of piperidine rings is 1. The second kappa shape index (κ2) is 5.88. The van der Waals surface area contributed by atoms with Crippen LogP contribution in [0.3, 0.4) is 0 Å². The van der Waals surface area contributed by atoms with Crippen LogP contribution >= 0.6 is 0 Å². The Morgan fingerprint density at radius 1 is 1.00 bits per heavy atom. The fourth-order valence-electron chi connectivity index (χ4n) is 3.22. The molecule has 0 N–H and O–H groups in total. The molecule has 4 heteroatoms. The molecular weight excluding hydrogens is 286 g/mol. The van der Waals surface area contributed by atoms with E-state index in [1.54, 1.807) is 6.20 Å². The van der Waals surface area contributed by atoms with Crippen LogP contribution in [0.1, 0.15) is 29.6 Å². The number of benzene rings is 1. The highest BCUT2D eigenvalue weighted by atomic mass is 16.2. The molecule has 0 atom stereocenters. The smallest absolute Gasteiger partial charge is 0.255 e. The lowest BCUT2D eigenvalue weighted by Gasteiger charge is -2.26. The number of aromatic nitrogens is 2. The summed E-state index contributed by atoms with van der Waals surface area (Å²) in [4.78, 5) is 19.1. The van der Waals surface area contributed by atoms with E-state index in [-0.39, 0.29) is 5.91 Å². The maximum absolute atomic E-state index is 12.6. The number of likely N-dealkylation sites (tertiary alicyclic amines) is 1. The molecule has 4 rings (SSSR count). The molecule has 23 heavy (non-hydrogen) atoms. The average molecular weight is 305 g/mol. The van der Waals surface area contributed by atoms with Crippen molar-refractivity contribution in [3.63, 3.8) is 0 Å². The molecule has 1 amide bonds. The maximum atomic E-state index is 12.6. The van der Waals surface area contributed by atoms with Gasteiger partial charge in [-0.3, -0.25) is 4.79 Å². The lowest BCUT2D eigenvalue weighted by atomic mass is 10.1. The number of para-hydroxylation sites is 1. The molecule has 116 valence electrons. The van der Waals surface area contributed by atoms with E-state index in [0.29, 0.717) is 5.56 Å². The van der Waals surface area contributed by atoms with Gasteiger partial charge in [-0.05, 0) is 43.5 Å². The Labute approximate surface area is 135 Å². The predicted molar refractivity (Wildman–Crippen MR) is 90.8 cm³/mol. The summed E-state index contributed by atoms with van der Waals surface area (Å²) in [7, 11) is 0. The first-order valence-electron chi connectivity index (χ1n) is 8.15. The summed E-state index contributed by atoms with van der Waals surface area (Å²) in [5, 5.41) is 0.997. The van der Waals surface area contributed by atoms with Crippen LogP contribution in [-0.2, 0) is 0 Å². The molecule has 1 aliphatic rings. The minimum atomic E-state index is 0.103. The van der Waals surface area contributed by atoms with Crippen molar-refractivity contribution in [2.45, 2.75) is 19.3 Å². The van der Waals surface area contributed by atoms with Gasteiger partial charge in [0.05, 0.1) is 5.56 Å². The molecule has 1 fully saturated rings. The van der Waals surface area contributed by atoms with E-state index in [1.165, 1.54) is 6.42 Å². The Balaban J connectivity index is 1.68. The molecule has 1 saturated heterocycles. The van der Waals surface area contributed by atoms with Crippen molar-refractivity contribution in [3.05, 3.63) is 60.4 Å². The van der Waals surface area contributed by atoms with Gasteiger partial charge in [0.1, 0.15) is 5.65 Å². The number of nitrogens with zero attached hydrogens (tertiary/aromatic N) is 3. The molecule has 3 aromatic rings. The first-order valence-corrected chi connectivity index (χ1v) is 8.15. The summed E-state index contributed by atoms with van der Waals surface area (Å²) in [6.45, 7) is 1.73. The third-order valence-corrected chi connectivity index (χ3v) is 4.45. The van der Waals surface area contributed by atoms with Crippen LogP contribution in [0.25, 0.3) is 16.7 Å². The molecule has 0 saturated carbocycles. The van der Waals surface area contributed by atoms with Crippen LogP contribution < -0.4 is 0 Å². The molecule has 0 spiro atoms. The molecule has 0 bridgehead atoms. The molecule has 4 nitrogen and oxygen atoms in total. The van der Waals surface area contributed by atoms with Crippen LogP contribution in [0.15, 0.2) is 54.9 Å². The fourth-order valence-corrected chi connectivity index (χ4v) is 3.22. The van der Waals surface area contributed by atoms with E-state index in [9.17, 15) is 4.79 Å². The maximum Gasteiger partial charge on any atom is 0.255 e. The monoisotopic (exact) mass is 305 g/mol. The largest absolute Gasteiger partial charge is 0.339 e. The highest BCUT2D eigenvalue weighted by Gasteiger charge is 2.19. The first-order chi connectivity index (χ1) is 11.3. The standard InChI is InChI=1S/C19H19N3O/c23-19(21-10-5-2-6-11-21)16-13-15-9-12-22(18(15)20-14-16)17-7-3-1-4-8-17/h1,3-4,7-9,12-14H,2,5-6,10-11H2. The first kappa shape index (κ1) is 14.0. The quantitative estimate of drug-likeness (QED) is 0.725. The molecule has 0 radical (unpaired) electrons. The van der Waals surface area contributed by atoms with Gasteiger partial charge in [0.25, 0.3) is 5.91 Å². The van der Waals surface area contributed by atoms with Gasteiger partial charge in [-0.2, -0.15) is 0 Å². The normalized spacial score (nSPS) is 15.0. The minimum Gasteiger partial charge on any atom is -0.339 e. The number of amides is 1. The van der Waals surface area contributed by atoms with Crippen molar-refractivity contribution in [3.8, 4) is 5.69 Å². The van der Waals surface area contributed by atoms with E-state index in [4.69, 9.17) is 0 Å². The highest BCUT2D eigenvalue weighted by Crippen LogP contribution is 2.21. The van der Waals surface area contributed by atoms with Crippen LogP contribution in [0.2, 0.25) is 0 Å². The number of rotatable bonds is 2. The van der Waals surface area contributed by atoms with Gasteiger partial charge in [-0.1, -0.05) is 18.2 Å². The molecular formula is C19H19N3O. The molecule has 1 aliphatic heterocycles. The van der Waals surface area contributed by atoms with Crippen molar-refractivity contribution in [1.82, 2.24) is 14.5 Å². The molecule has 0 unspecified atom stereocenters. The van der Waals surface area contributed by atoms with E-state index in [0.717, 1.165) is 42.7 Å². The lowest BCUT2D eigenvalue weighted by Crippen LogP contribution is -2.35. The van der Waals surface area contributed by atoms with Gasteiger partial charge in [0.2, 0.25) is 0 Å². The number of hydrogen-bond donors (Lipinski definition) is 0. The zero-order valence-electron chi connectivity index (χ0n) is 13.0.